The molecule has 1 spiro atoms. The summed E-state index contributed by atoms with van der Waals surface area (Å²) in [6.45, 7) is 0.264. The lowest BCUT2D eigenvalue weighted by molar-refractivity contribution is -0.157. The van der Waals surface area contributed by atoms with Crippen LogP contribution in [0, 0.1) is 5.92 Å². The zero-order valence-electron chi connectivity index (χ0n) is 14.3. The zero-order valence-corrected chi connectivity index (χ0v) is 15.1. The normalized spacial score (nSPS) is 20.0. The number of rotatable bonds is 4. The molecule has 2 aromatic carbocycles. The number of hydrogen-bond acceptors (Lipinski definition) is 3. The number of amides is 1. The summed E-state index contributed by atoms with van der Waals surface area (Å²) in [5.41, 5.74) is 0.319. The van der Waals surface area contributed by atoms with Gasteiger partial charge in [-0.2, -0.15) is 0 Å². The summed E-state index contributed by atoms with van der Waals surface area (Å²) in [7, 11) is 0. The molecule has 1 heterocycles. The van der Waals surface area contributed by atoms with E-state index in [0.29, 0.717) is 10.6 Å². The Kier molecular flexibility index (Phi) is 4.28. The first-order valence-corrected chi connectivity index (χ1v) is 8.97. The maximum Gasteiger partial charge on any atom is 0.237 e. The van der Waals surface area contributed by atoms with E-state index < -0.39 is 11.5 Å². The van der Waals surface area contributed by atoms with E-state index in [-0.39, 0.29) is 24.0 Å². The number of nitrogens with zero attached hydrogens (tertiary/aromatic N) is 1. The SMILES string of the molecule is O=C1C=CC2(C=C1)[C@@H](C(=O)c1ccccc1)C(=O)N2Cc1ccccc1Cl. The second-order valence-electron chi connectivity index (χ2n) is 6.64. The monoisotopic (exact) mass is 377 g/mol. The van der Waals surface area contributed by atoms with Gasteiger partial charge in [0.15, 0.2) is 11.6 Å². The van der Waals surface area contributed by atoms with E-state index in [0.717, 1.165) is 5.56 Å². The number of ketones is 2. The van der Waals surface area contributed by atoms with Crippen LogP contribution in [0.4, 0.5) is 0 Å². The number of Topliss-reactive ketones (excluding diaryl/α,β-unsaturated/α-hetero) is 1. The lowest BCUT2D eigenvalue weighted by Gasteiger charge is -2.54. The van der Waals surface area contributed by atoms with E-state index in [9.17, 15) is 14.4 Å². The van der Waals surface area contributed by atoms with Crippen molar-refractivity contribution in [3.8, 4) is 0 Å². The third-order valence-electron chi connectivity index (χ3n) is 5.08. The zero-order chi connectivity index (χ0) is 19.0. The Morgan fingerprint density at radius 1 is 0.963 bits per heavy atom. The van der Waals surface area contributed by atoms with Gasteiger partial charge in [0.1, 0.15) is 5.92 Å². The van der Waals surface area contributed by atoms with Gasteiger partial charge in [-0.25, -0.2) is 0 Å². The molecule has 27 heavy (non-hydrogen) atoms. The number of carbonyl (C=O) groups excluding carboxylic acids is 3. The summed E-state index contributed by atoms with van der Waals surface area (Å²) < 4.78 is 0. The average Bonchev–Trinajstić information content (AvgIpc) is 2.69. The van der Waals surface area contributed by atoms with E-state index >= 15 is 0 Å². The number of allylic oxidation sites excluding steroid dienone is 2. The lowest BCUT2D eigenvalue weighted by atomic mass is 9.67. The largest absolute Gasteiger partial charge is 0.324 e. The molecule has 1 amide bonds. The maximum absolute atomic E-state index is 13.0. The molecule has 4 rings (SSSR count). The van der Waals surface area contributed by atoms with Crippen LogP contribution in [0.15, 0.2) is 78.9 Å². The van der Waals surface area contributed by atoms with Gasteiger partial charge in [-0.3, -0.25) is 14.4 Å². The number of likely N-dealkylation sites (tertiary alicyclic amines) is 1. The Morgan fingerprint density at radius 2 is 1.59 bits per heavy atom. The molecule has 1 atom stereocenters. The predicted molar refractivity (Wildman–Crippen MR) is 102 cm³/mol. The molecule has 5 heteroatoms. The molecular weight excluding hydrogens is 362 g/mol. The number of halogens is 1. The minimum Gasteiger partial charge on any atom is -0.324 e. The maximum atomic E-state index is 13.0. The topological polar surface area (TPSA) is 54.5 Å². The molecule has 0 radical (unpaired) electrons. The lowest BCUT2D eigenvalue weighted by Crippen LogP contribution is -2.71. The summed E-state index contributed by atoms with van der Waals surface area (Å²) in [5.74, 6) is -1.57. The minimum atomic E-state index is -0.947. The predicted octanol–water partition coefficient (Wildman–Crippen LogP) is 3.62. The molecule has 1 aliphatic heterocycles. The Hall–Kier alpha value is -2.98. The van der Waals surface area contributed by atoms with Gasteiger partial charge in [0.2, 0.25) is 5.91 Å². The summed E-state index contributed by atoms with van der Waals surface area (Å²) in [5, 5.41) is 0.554. The van der Waals surface area contributed by atoms with E-state index in [2.05, 4.69) is 0 Å². The molecule has 2 aliphatic rings. The number of β-lactam (4-membered cyclic amide) rings is 1. The molecule has 1 saturated heterocycles. The van der Waals surface area contributed by atoms with Gasteiger partial charge in [-0.15, -0.1) is 0 Å². The molecule has 0 unspecified atom stereocenters. The second kappa shape index (κ2) is 6.63. The van der Waals surface area contributed by atoms with Gasteiger partial charge in [0, 0.05) is 17.1 Å². The second-order valence-corrected chi connectivity index (χ2v) is 7.04. The van der Waals surface area contributed by atoms with Crippen LogP contribution in [0.3, 0.4) is 0 Å². The van der Waals surface area contributed by atoms with Crippen molar-refractivity contribution in [2.45, 2.75) is 12.1 Å². The van der Waals surface area contributed by atoms with Crippen molar-refractivity contribution in [2.24, 2.45) is 5.92 Å². The summed E-state index contributed by atoms with van der Waals surface area (Å²) >= 11 is 6.25. The minimum absolute atomic E-state index is 0.163. The first-order chi connectivity index (χ1) is 13.0. The van der Waals surface area contributed by atoms with Crippen LogP contribution in [0.25, 0.3) is 0 Å². The number of carbonyl (C=O) groups is 3. The summed E-state index contributed by atoms with van der Waals surface area (Å²) in [6, 6.07) is 16.0. The van der Waals surface area contributed by atoms with Gasteiger partial charge >= 0.3 is 0 Å². The smallest absolute Gasteiger partial charge is 0.237 e. The van der Waals surface area contributed by atoms with Crippen molar-refractivity contribution in [1.29, 1.82) is 0 Å². The van der Waals surface area contributed by atoms with Crippen LogP contribution in [-0.2, 0) is 16.1 Å². The molecule has 1 aliphatic carbocycles. The molecule has 0 aromatic heterocycles. The first-order valence-electron chi connectivity index (χ1n) is 8.59. The van der Waals surface area contributed by atoms with Crippen molar-refractivity contribution in [3.63, 3.8) is 0 Å². The van der Waals surface area contributed by atoms with Crippen LogP contribution < -0.4 is 0 Å². The molecule has 1 fully saturated rings. The van der Waals surface area contributed by atoms with Gasteiger partial charge in [-0.05, 0) is 35.9 Å². The Balaban J connectivity index is 1.71. The fourth-order valence-electron chi connectivity index (χ4n) is 3.65. The molecule has 134 valence electrons. The van der Waals surface area contributed by atoms with Crippen molar-refractivity contribution >= 4 is 29.1 Å². The van der Waals surface area contributed by atoms with Crippen LogP contribution in [0.1, 0.15) is 15.9 Å². The van der Waals surface area contributed by atoms with Crippen molar-refractivity contribution in [3.05, 3.63) is 95.1 Å². The third kappa shape index (κ3) is 2.82. The highest BCUT2D eigenvalue weighted by Gasteiger charge is 2.61. The van der Waals surface area contributed by atoms with Crippen molar-refractivity contribution < 1.29 is 14.4 Å². The highest BCUT2D eigenvalue weighted by Crippen LogP contribution is 2.45. The molecule has 0 bridgehead atoms. The quantitative estimate of drug-likeness (QED) is 0.464. The van der Waals surface area contributed by atoms with E-state index in [4.69, 9.17) is 11.6 Å². The Morgan fingerprint density at radius 3 is 2.26 bits per heavy atom. The van der Waals surface area contributed by atoms with Crippen LogP contribution in [0.5, 0.6) is 0 Å². The van der Waals surface area contributed by atoms with E-state index in [1.54, 1.807) is 47.4 Å². The summed E-state index contributed by atoms with van der Waals surface area (Å²) in [4.78, 5) is 39.2. The standard InChI is InChI=1S/C22H16ClNO3/c23-18-9-5-4-8-16(18)14-24-21(27)19(20(26)15-6-2-1-3-7-15)22(24)12-10-17(25)11-13-22/h1-13,19H,14H2/t19-/m0/s1. The molecule has 0 saturated carbocycles. The van der Waals surface area contributed by atoms with Crippen LogP contribution in [0.2, 0.25) is 5.02 Å². The Labute approximate surface area is 161 Å². The number of hydrogen-bond donors (Lipinski definition) is 0. The average molecular weight is 378 g/mol. The van der Waals surface area contributed by atoms with Crippen LogP contribution >= 0.6 is 11.6 Å². The third-order valence-corrected chi connectivity index (χ3v) is 5.45. The molecular formula is C22H16ClNO3. The van der Waals surface area contributed by atoms with Crippen molar-refractivity contribution in [2.75, 3.05) is 0 Å². The fourth-order valence-corrected chi connectivity index (χ4v) is 3.85. The van der Waals surface area contributed by atoms with Gasteiger partial charge in [0.25, 0.3) is 0 Å². The Bertz CT molecular complexity index is 978. The molecule has 2 aromatic rings. The fraction of sp³-hybridized carbons (Fsp3) is 0.136. The van der Waals surface area contributed by atoms with Gasteiger partial charge < -0.3 is 4.90 Å². The van der Waals surface area contributed by atoms with E-state index in [1.807, 2.05) is 24.3 Å². The van der Waals surface area contributed by atoms with Gasteiger partial charge in [0.05, 0.1) is 5.54 Å². The van der Waals surface area contributed by atoms with Crippen molar-refractivity contribution in [1.82, 2.24) is 4.90 Å². The highest BCUT2D eigenvalue weighted by molar-refractivity contribution is 6.31. The van der Waals surface area contributed by atoms with Gasteiger partial charge in [-0.1, -0.05) is 60.1 Å². The van der Waals surface area contributed by atoms with E-state index in [1.165, 1.54) is 12.2 Å². The van der Waals surface area contributed by atoms with Crippen LogP contribution in [-0.4, -0.2) is 27.9 Å². The molecule has 4 nitrogen and oxygen atoms in total. The molecule has 0 N–H and O–H groups in total. The first kappa shape index (κ1) is 17.4. The number of benzene rings is 2. The summed E-state index contributed by atoms with van der Waals surface area (Å²) in [6.07, 6.45) is 6.13. The highest BCUT2D eigenvalue weighted by atomic mass is 35.5.